The molecule has 34 heavy (non-hydrogen) atoms. The summed E-state index contributed by atoms with van der Waals surface area (Å²) in [6.07, 6.45) is 3.04. The molecule has 1 aromatic heterocycles. The molecule has 6 nitrogen and oxygen atoms in total. The lowest BCUT2D eigenvalue weighted by molar-refractivity contribution is 0.173. The number of rotatable bonds is 6. The van der Waals surface area contributed by atoms with E-state index in [-0.39, 0.29) is 0 Å². The quantitative estimate of drug-likeness (QED) is 0.400. The number of ether oxygens (including phenoxy) is 3. The molecule has 4 aromatic rings. The number of piperidine rings is 1. The van der Waals surface area contributed by atoms with Crippen LogP contribution in [-0.2, 0) is 13.0 Å². The summed E-state index contributed by atoms with van der Waals surface area (Å²) < 4.78 is 18.8. The van der Waals surface area contributed by atoms with Gasteiger partial charge in [0.15, 0.2) is 11.5 Å². The lowest BCUT2D eigenvalue weighted by Crippen LogP contribution is -2.34. The van der Waals surface area contributed by atoms with Crippen LogP contribution in [0.3, 0.4) is 0 Å². The first-order chi connectivity index (χ1) is 16.8. The number of imidazole rings is 1. The molecule has 0 bridgehead atoms. The highest BCUT2D eigenvalue weighted by Crippen LogP contribution is 2.34. The van der Waals surface area contributed by atoms with Crippen molar-refractivity contribution in [2.24, 2.45) is 0 Å². The second-order valence-electron chi connectivity index (χ2n) is 9.11. The van der Waals surface area contributed by atoms with Gasteiger partial charge in [0.1, 0.15) is 11.6 Å². The minimum absolute atomic E-state index is 0.321. The SMILES string of the molecule is COc1ccc(Cc2nc3ccccc3n2C2CCN(Cc3ccc4c(c3)OCO4)CC2)cc1. The Hall–Kier alpha value is -3.51. The molecule has 6 rings (SSSR count). The standard InChI is InChI=1S/C28H29N3O3/c1-32-23-9-6-20(7-10-23)17-28-29-24-4-2-3-5-25(24)31(28)22-12-14-30(15-13-22)18-21-8-11-26-27(16-21)34-19-33-26/h2-11,16,22H,12-15,17-19H2,1H3. The van der Waals surface area contributed by atoms with E-state index >= 15 is 0 Å². The van der Waals surface area contributed by atoms with Crippen molar-refractivity contribution in [3.8, 4) is 17.2 Å². The molecule has 1 fully saturated rings. The normalized spacial score (nSPS) is 16.3. The number of benzene rings is 3. The van der Waals surface area contributed by atoms with E-state index in [9.17, 15) is 0 Å². The molecule has 0 N–H and O–H groups in total. The van der Waals surface area contributed by atoms with Crippen molar-refractivity contribution < 1.29 is 14.2 Å². The molecule has 3 aromatic carbocycles. The number of hydrogen-bond donors (Lipinski definition) is 0. The summed E-state index contributed by atoms with van der Waals surface area (Å²) in [5.74, 6) is 3.73. The van der Waals surface area contributed by atoms with E-state index in [2.05, 4.69) is 58.0 Å². The summed E-state index contributed by atoms with van der Waals surface area (Å²) >= 11 is 0. The number of fused-ring (bicyclic) bond motifs is 2. The molecular weight excluding hydrogens is 426 g/mol. The van der Waals surface area contributed by atoms with Crippen LogP contribution >= 0.6 is 0 Å². The van der Waals surface area contributed by atoms with Gasteiger partial charge in [0.25, 0.3) is 0 Å². The van der Waals surface area contributed by atoms with Gasteiger partial charge < -0.3 is 18.8 Å². The van der Waals surface area contributed by atoms with Crippen LogP contribution in [0.25, 0.3) is 11.0 Å². The summed E-state index contributed by atoms with van der Waals surface area (Å²) in [5, 5.41) is 0. The predicted octanol–water partition coefficient (Wildman–Crippen LogP) is 5.20. The average Bonchev–Trinajstić information content (AvgIpc) is 3.49. The number of aromatic nitrogens is 2. The van der Waals surface area contributed by atoms with E-state index in [1.54, 1.807) is 7.11 Å². The average molecular weight is 456 g/mol. The maximum Gasteiger partial charge on any atom is 0.231 e. The molecule has 0 atom stereocenters. The van der Waals surface area contributed by atoms with E-state index < -0.39 is 0 Å². The highest BCUT2D eigenvalue weighted by atomic mass is 16.7. The Kier molecular flexibility index (Phi) is 5.59. The van der Waals surface area contributed by atoms with Gasteiger partial charge in [-0.3, -0.25) is 4.90 Å². The van der Waals surface area contributed by atoms with E-state index in [4.69, 9.17) is 19.2 Å². The molecule has 6 heteroatoms. The fourth-order valence-electron chi connectivity index (χ4n) is 5.19. The van der Waals surface area contributed by atoms with Crippen LogP contribution < -0.4 is 14.2 Å². The van der Waals surface area contributed by atoms with Gasteiger partial charge in [-0.15, -0.1) is 0 Å². The lowest BCUT2D eigenvalue weighted by Gasteiger charge is -2.33. The lowest BCUT2D eigenvalue weighted by atomic mass is 10.0. The Balaban J connectivity index is 1.19. The Morgan fingerprint density at radius 2 is 1.68 bits per heavy atom. The number of nitrogens with zero attached hydrogens (tertiary/aromatic N) is 3. The molecule has 0 amide bonds. The molecule has 2 aliphatic heterocycles. The van der Waals surface area contributed by atoms with Crippen molar-refractivity contribution in [1.29, 1.82) is 0 Å². The molecule has 2 aliphatic rings. The van der Waals surface area contributed by atoms with Crippen LogP contribution in [0.2, 0.25) is 0 Å². The van der Waals surface area contributed by atoms with Crippen LogP contribution in [0.5, 0.6) is 17.2 Å². The van der Waals surface area contributed by atoms with Gasteiger partial charge in [-0.1, -0.05) is 30.3 Å². The molecule has 174 valence electrons. The highest BCUT2D eigenvalue weighted by molar-refractivity contribution is 5.76. The van der Waals surface area contributed by atoms with Gasteiger partial charge in [-0.2, -0.15) is 0 Å². The molecule has 0 radical (unpaired) electrons. The zero-order valence-corrected chi connectivity index (χ0v) is 19.4. The van der Waals surface area contributed by atoms with Crippen molar-refractivity contribution >= 4 is 11.0 Å². The van der Waals surface area contributed by atoms with Crippen molar-refractivity contribution in [3.63, 3.8) is 0 Å². The second kappa shape index (κ2) is 9.03. The van der Waals surface area contributed by atoms with Gasteiger partial charge >= 0.3 is 0 Å². The van der Waals surface area contributed by atoms with Crippen molar-refractivity contribution in [3.05, 3.63) is 83.7 Å². The Bertz CT molecular complexity index is 1290. The minimum atomic E-state index is 0.321. The summed E-state index contributed by atoms with van der Waals surface area (Å²) in [5.41, 5.74) is 4.84. The summed E-state index contributed by atoms with van der Waals surface area (Å²) in [6, 6.07) is 23.6. The first-order valence-corrected chi connectivity index (χ1v) is 12.0. The highest BCUT2D eigenvalue weighted by Gasteiger charge is 2.25. The molecule has 0 spiro atoms. The van der Waals surface area contributed by atoms with Crippen LogP contribution in [0.1, 0.15) is 35.8 Å². The summed E-state index contributed by atoms with van der Waals surface area (Å²) in [4.78, 5) is 7.58. The second-order valence-corrected chi connectivity index (χ2v) is 9.11. The number of hydrogen-bond acceptors (Lipinski definition) is 5. The zero-order valence-electron chi connectivity index (χ0n) is 19.4. The number of para-hydroxylation sites is 2. The number of methoxy groups -OCH3 is 1. The Morgan fingerprint density at radius 3 is 2.50 bits per heavy atom. The van der Waals surface area contributed by atoms with Gasteiger partial charge in [-0.05, 0) is 60.4 Å². The van der Waals surface area contributed by atoms with Crippen molar-refractivity contribution in [1.82, 2.24) is 14.5 Å². The minimum Gasteiger partial charge on any atom is -0.497 e. The third kappa shape index (κ3) is 4.10. The topological polar surface area (TPSA) is 48.8 Å². The fraction of sp³-hybridized carbons (Fsp3) is 0.321. The third-order valence-electron chi connectivity index (χ3n) is 6.96. The van der Waals surface area contributed by atoms with E-state index in [1.165, 1.54) is 16.6 Å². The first kappa shape index (κ1) is 21.1. The third-order valence-corrected chi connectivity index (χ3v) is 6.96. The summed E-state index contributed by atoms with van der Waals surface area (Å²) in [6.45, 7) is 3.38. The van der Waals surface area contributed by atoms with Crippen LogP contribution in [0.4, 0.5) is 0 Å². The fourth-order valence-corrected chi connectivity index (χ4v) is 5.19. The molecule has 0 saturated carbocycles. The largest absolute Gasteiger partial charge is 0.497 e. The molecule has 0 aliphatic carbocycles. The van der Waals surface area contributed by atoms with Crippen molar-refractivity contribution in [2.75, 3.05) is 27.0 Å². The Labute approximate surface area is 199 Å². The maximum atomic E-state index is 5.55. The number of likely N-dealkylation sites (tertiary alicyclic amines) is 1. The molecule has 1 saturated heterocycles. The van der Waals surface area contributed by atoms with Crippen molar-refractivity contribution in [2.45, 2.75) is 31.8 Å². The first-order valence-electron chi connectivity index (χ1n) is 12.0. The maximum absolute atomic E-state index is 5.55. The van der Waals surface area contributed by atoms with E-state index in [0.717, 1.165) is 67.5 Å². The zero-order chi connectivity index (χ0) is 22.9. The van der Waals surface area contributed by atoms with Crippen LogP contribution in [0.15, 0.2) is 66.7 Å². The summed E-state index contributed by atoms with van der Waals surface area (Å²) in [7, 11) is 1.70. The smallest absolute Gasteiger partial charge is 0.231 e. The van der Waals surface area contributed by atoms with Gasteiger partial charge in [0.2, 0.25) is 6.79 Å². The van der Waals surface area contributed by atoms with E-state index in [1.807, 2.05) is 18.2 Å². The van der Waals surface area contributed by atoms with E-state index in [0.29, 0.717) is 12.8 Å². The molecule has 3 heterocycles. The van der Waals surface area contributed by atoms with Crippen LogP contribution in [-0.4, -0.2) is 41.4 Å². The molecular formula is C28H29N3O3. The molecule has 0 unspecified atom stereocenters. The van der Waals surface area contributed by atoms with Crippen LogP contribution in [0, 0.1) is 0 Å². The van der Waals surface area contributed by atoms with Gasteiger partial charge in [0, 0.05) is 32.1 Å². The monoisotopic (exact) mass is 455 g/mol. The predicted molar refractivity (Wildman–Crippen MR) is 132 cm³/mol. The van der Waals surface area contributed by atoms with Gasteiger partial charge in [0.05, 0.1) is 18.1 Å². The Morgan fingerprint density at radius 1 is 0.912 bits per heavy atom. The van der Waals surface area contributed by atoms with Gasteiger partial charge in [-0.25, -0.2) is 4.98 Å².